The molecule has 1 saturated carbocycles. The molecule has 0 radical (unpaired) electrons. The van der Waals surface area contributed by atoms with Gasteiger partial charge >= 0.3 is 0 Å². The van der Waals surface area contributed by atoms with Crippen molar-refractivity contribution in [1.82, 2.24) is 0 Å². The lowest BCUT2D eigenvalue weighted by molar-refractivity contribution is -0.229. The lowest BCUT2D eigenvalue weighted by Gasteiger charge is -2.37. The first-order chi connectivity index (χ1) is 12.2. The van der Waals surface area contributed by atoms with Gasteiger partial charge in [0.2, 0.25) is 0 Å². The minimum Gasteiger partial charge on any atom is -0.352 e. The predicted molar refractivity (Wildman–Crippen MR) is 94.3 cm³/mol. The number of halogens is 2. The van der Waals surface area contributed by atoms with Gasteiger partial charge in [0, 0.05) is 11.8 Å². The summed E-state index contributed by atoms with van der Waals surface area (Å²) in [7, 11) is 0. The van der Waals surface area contributed by atoms with Crippen LogP contribution in [0.25, 0.3) is 0 Å². The largest absolute Gasteiger partial charge is 0.352 e. The fourth-order valence-electron chi connectivity index (χ4n) is 4.04. The van der Waals surface area contributed by atoms with Gasteiger partial charge in [-0.3, -0.25) is 0 Å². The zero-order valence-corrected chi connectivity index (χ0v) is 14.8. The van der Waals surface area contributed by atoms with Gasteiger partial charge in [-0.25, -0.2) is 8.78 Å². The van der Waals surface area contributed by atoms with Gasteiger partial charge in [0.1, 0.15) is 0 Å². The van der Waals surface area contributed by atoms with E-state index < -0.39 is 11.6 Å². The number of rotatable bonds is 6. The Kier molecular flexibility index (Phi) is 6.60. The van der Waals surface area contributed by atoms with E-state index in [0.717, 1.165) is 63.7 Å². The normalized spacial score (nSPS) is 30.2. The van der Waals surface area contributed by atoms with Gasteiger partial charge in [0.25, 0.3) is 0 Å². The number of hydrogen-bond acceptors (Lipinski definition) is 2. The van der Waals surface area contributed by atoms with Gasteiger partial charge in [-0.2, -0.15) is 0 Å². The molecule has 1 heterocycles. The average Bonchev–Trinajstić information content (AvgIpc) is 2.65. The van der Waals surface area contributed by atoms with E-state index in [-0.39, 0.29) is 6.29 Å². The molecule has 3 rings (SSSR count). The summed E-state index contributed by atoms with van der Waals surface area (Å²) in [5, 5.41) is 0. The van der Waals surface area contributed by atoms with Crippen LogP contribution >= 0.6 is 0 Å². The van der Waals surface area contributed by atoms with Crippen LogP contribution in [0.3, 0.4) is 0 Å². The van der Waals surface area contributed by atoms with Gasteiger partial charge < -0.3 is 9.47 Å². The molecule has 25 heavy (non-hydrogen) atoms. The van der Waals surface area contributed by atoms with Crippen molar-refractivity contribution in [3.8, 4) is 0 Å². The van der Waals surface area contributed by atoms with Crippen LogP contribution in [0.4, 0.5) is 8.78 Å². The minimum atomic E-state index is -0.774. The summed E-state index contributed by atoms with van der Waals surface area (Å²) in [5.41, 5.74) is 0.908. The highest BCUT2D eigenvalue weighted by Crippen LogP contribution is 2.39. The van der Waals surface area contributed by atoms with Crippen molar-refractivity contribution in [2.75, 3.05) is 13.2 Å². The molecule has 0 amide bonds. The molecule has 1 saturated heterocycles. The molecule has 1 aliphatic heterocycles. The lowest BCUT2D eigenvalue weighted by Crippen LogP contribution is -2.38. The fraction of sp³-hybridized carbons (Fsp3) is 0.619. The summed E-state index contributed by atoms with van der Waals surface area (Å²) in [6.07, 6.45) is 9.15. The molecule has 0 bridgehead atoms. The third-order valence-corrected chi connectivity index (χ3v) is 5.58. The van der Waals surface area contributed by atoms with Gasteiger partial charge in [-0.05, 0) is 68.6 Å². The van der Waals surface area contributed by atoms with E-state index in [1.807, 2.05) is 6.08 Å². The zero-order chi connectivity index (χ0) is 17.6. The Morgan fingerprint density at radius 2 is 1.76 bits per heavy atom. The molecule has 0 unspecified atom stereocenters. The molecule has 1 aromatic carbocycles. The number of unbranched alkanes of at least 4 members (excludes halogenated alkanes) is 1. The van der Waals surface area contributed by atoms with E-state index in [4.69, 9.17) is 9.47 Å². The molecule has 2 nitrogen and oxygen atoms in total. The molecule has 4 heteroatoms. The Hall–Kier alpha value is -1.26. The molecular weight excluding hydrogens is 322 g/mol. The van der Waals surface area contributed by atoms with E-state index in [2.05, 4.69) is 6.58 Å². The Bertz CT molecular complexity index is 559. The molecule has 0 aromatic heterocycles. The average molecular weight is 350 g/mol. The highest BCUT2D eigenvalue weighted by molar-refractivity contribution is 5.22. The molecule has 2 fully saturated rings. The number of benzene rings is 1. The number of allylic oxidation sites excluding steroid dienone is 1. The van der Waals surface area contributed by atoms with Crippen molar-refractivity contribution in [2.45, 2.75) is 57.2 Å². The first kappa shape index (κ1) is 18.5. The topological polar surface area (TPSA) is 18.5 Å². The monoisotopic (exact) mass is 350 g/mol. The van der Waals surface area contributed by atoms with E-state index in [1.54, 1.807) is 6.07 Å². The Labute approximate surface area is 149 Å². The summed E-state index contributed by atoms with van der Waals surface area (Å²) in [5.74, 6) is -0.308. The van der Waals surface area contributed by atoms with Crippen LogP contribution < -0.4 is 0 Å². The van der Waals surface area contributed by atoms with Crippen LogP contribution in [0.2, 0.25) is 0 Å². The van der Waals surface area contributed by atoms with Crippen LogP contribution in [0, 0.1) is 23.5 Å². The van der Waals surface area contributed by atoms with Crippen LogP contribution in [-0.4, -0.2) is 19.5 Å². The maximum atomic E-state index is 13.4. The molecule has 1 aromatic rings. The molecule has 1 aliphatic carbocycles. The smallest absolute Gasteiger partial charge is 0.160 e. The fourth-order valence-corrected chi connectivity index (χ4v) is 4.04. The van der Waals surface area contributed by atoms with Crippen LogP contribution in [0.5, 0.6) is 0 Å². The van der Waals surface area contributed by atoms with E-state index in [9.17, 15) is 8.78 Å². The standard InChI is InChI=1S/C21H28F2O2/c1-2-3-4-5-15-13-24-21(25-14-15)17-8-6-16(7-9-17)18-10-11-19(22)20(23)12-18/h2,10-12,15-17,21H,1,3-9,13-14H2. The number of hydrogen-bond donors (Lipinski definition) is 0. The SMILES string of the molecule is C=CCCCC1COC(C2CCC(c3ccc(F)c(F)c3)CC2)OC1. The molecular formula is C21H28F2O2. The van der Waals surface area contributed by atoms with Gasteiger partial charge in [-0.1, -0.05) is 12.1 Å². The second kappa shape index (κ2) is 8.91. The summed E-state index contributed by atoms with van der Waals surface area (Å²) in [6, 6.07) is 4.29. The van der Waals surface area contributed by atoms with Gasteiger partial charge in [0.05, 0.1) is 13.2 Å². The van der Waals surface area contributed by atoms with Crippen molar-refractivity contribution >= 4 is 0 Å². The molecule has 0 N–H and O–H groups in total. The molecule has 0 spiro atoms. The summed E-state index contributed by atoms with van der Waals surface area (Å²) >= 11 is 0. The number of ether oxygens (including phenoxy) is 2. The van der Waals surface area contributed by atoms with E-state index in [1.165, 1.54) is 12.1 Å². The second-order valence-electron chi connectivity index (χ2n) is 7.41. The van der Waals surface area contributed by atoms with Crippen molar-refractivity contribution in [3.63, 3.8) is 0 Å². The first-order valence-corrected chi connectivity index (χ1v) is 9.46. The summed E-state index contributed by atoms with van der Waals surface area (Å²) in [4.78, 5) is 0. The second-order valence-corrected chi connectivity index (χ2v) is 7.41. The van der Waals surface area contributed by atoms with E-state index in [0.29, 0.717) is 17.8 Å². The third-order valence-electron chi connectivity index (χ3n) is 5.58. The van der Waals surface area contributed by atoms with Crippen LogP contribution in [-0.2, 0) is 9.47 Å². The summed E-state index contributed by atoms with van der Waals surface area (Å²) < 4.78 is 38.5. The third kappa shape index (κ3) is 4.89. The Morgan fingerprint density at radius 1 is 1.04 bits per heavy atom. The van der Waals surface area contributed by atoms with Crippen molar-refractivity contribution in [3.05, 3.63) is 48.1 Å². The van der Waals surface area contributed by atoms with Crippen LogP contribution in [0.1, 0.15) is 56.4 Å². The highest BCUT2D eigenvalue weighted by atomic mass is 19.2. The summed E-state index contributed by atoms with van der Waals surface area (Å²) in [6.45, 7) is 5.32. The lowest BCUT2D eigenvalue weighted by atomic mass is 9.78. The zero-order valence-electron chi connectivity index (χ0n) is 14.8. The highest BCUT2D eigenvalue weighted by Gasteiger charge is 2.32. The Morgan fingerprint density at radius 3 is 2.40 bits per heavy atom. The molecule has 0 atom stereocenters. The predicted octanol–water partition coefficient (Wildman–Crippen LogP) is 5.58. The molecule has 138 valence electrons. The van der Waals surface area contributed by atoms with Crippen molar-refractivity contribution < 1.29 is 18.3 Å². The minimum absolute atomic E-state index is 0.0958. The van der Waals surface area contributed by atoms with Crippen molar-refractivity contribution in [2.24, 2.45) is 11.8 Å². The maximum Gasteiger partial charge on any atom is 0.160 e. The Balaban J connectivity index is 1.43. The van der Waals surface area contributed by atoms with Crippen LogP contribution in [0.15, 0.2) is 30.9 Å². The molecule has 2 aliphatic rings. The van der Waals surface area contributed by atoms with Gasteiger partial charge in [0.15, 0.2) is 17.9 Å². The van der Waals surface area contributed by atoms with E-state index >= 15 is 0 Å². The van der Waals surface area contributed by atoms with Gasteiger partial charge in [-0.15, -0.1) is 6.58 Å². The van der Waals surface area contributed by atoms with Crippen molar-refractivity contribution in [1.29, 1.82) is 0 Å². The maximum absolute atomic E-state index is 13.4. The first-order valence-electron chi connectivity index (χ1n) is 9.46. The quantitative estimate of drug-likeness (QED) is 0.492.